The van der Waals surface area contributed by atoms with E-state index in [1.165, 1.54) is 6.33 Å². The van der Waals surface area contributed by atoms with Crippen molar-refractivity contribution in [3.63, 3.8) is 0 Å². The molecule has 0 saturated carbocycles. The Morgan fingerprint density at radius 2 is 2.26 bits per heavy atom. The van der Waals surface area contributed by atoms with E-state index in [2.05, 4.69) is 10.3 Å². The monoisotopic (exact) mass is 280 g/mol. The third-order valence-corrected chi connectivity index (χ3v) is 3.03. The molecule has 1 N–H and O–H groups in total. The molecule has 0 aliphatic heterocycles. The molecule has 0 bridgehead atoms. The third kappa shape index (κ3) is 2.85. The summed E-state index contributed by atoms with van der Waals surface area (Å²) in [7, 11) is 1.70. The topological polar surface area (TPSA) is 73.0 Å². The number of aryl methyl sites for hydroxylation is 1. The molecule has 19 heavy (non-hydrogen) atoms. The van der Waals surface area contributed by atoms with Crippen LogP contribution in [0.15, 0.2) is 30.6 Å². The van der Waals surface area contributed by atoms with Gasteiger partial charge in [-0.3, -0.25) is 4.57 Å². The van der Waals surface area contributed by atoms with Gasteiger partial charge in [0, 0.05) is 12.1 Å². The number of hydrogen-bond acceptors (Lipinski definition) is 4. The molecule has 6 nitrogen and oxygen atoms in total. The van der Waals surface area contributed by atoms with Gasteiger partial charge in [0.05, 0.1) is 6.04 Å². The van der Waals surface area contributed by atoms with Gasteiger partial charge in [0.2, 0.25) is 12.1 Å². The maximum atomic E-state index is 10.9. The zero-order valence-electron chi connectivity index (χ0n) is 10.5. The number of rotatable bonds is 4. The molecular weight excluding hydrogens is 268 g/mol. The van der Waals surface area contributed by atoms with Gasteiger partial charge in [0.1, 0.15) is 0 Å². The molecule has 2 rings (SSSR count). The Kier molecular flexibility index (Phi) is 3.71. The predicted octanol–water partition coefficient (Wildman–Crippen LogP) is 3.15. The van der Waals surface area contributed by atoms with Crippen LogP contribution >= 0.6 is 11.6 Å². The Balaban J connectivity index is 2.26. The lowest BCUT2D eigenvalue weighted by molar-refractivity contribution is -0.388. The molecule has 0 amide bonds. The molecule has 1 atom stereocenters. The van der Waals surface area contributed by atoms with Gasteiger partial charge in [-0.1, -0.05) is 23.7 Å². The molecule has 0 aliphatic carbocycles. The van der Waals surface area contributed by atoms with E-state index in [-0.39, 0.29) is 11.9 Å². The summed E-state index contributed by atoms with van der Waals surface area (Å²) in [5.41, 5.74) is 0.947. The number of nitro groups is 1. The minimum atomic E-state index is -0.507. The van der Waals surface area contributed by atoms with Crippen molar-refractivity contribution in [3.05, 3.63) is 51.3 Å². The largest absolute Gasteiger partial charge is 0.406 e. The molecule has 0 spiro atoms. The van der Waals surface area contributed by atoms with Gasteiger partial charge in [0.15, 0.2) is 0 Å². The maximum Gasteiger partial charge on any atom is 0.406 e. The Morgan fingerprint density at radius 3 is 2.89 bits per heavy atom. The summed E-state index contributed by atoms with van der Waals surface area (Å²) in [6.45, 7) is 1.91. The number of imidazole rings is 1. The van der Waals surface area contributed by atoms with Gasteiger partial charge in [-0.25, -0.2) is 0 Å². The number of nitrogens with zero attached hydrogens (tertiary/aromatic N) is 3. The fourth-order valence-corrected chi connectivity index (χ4v) is 1.98. The molecule has 100 valence electrons. The highest BCUT2D eigenvalue weighted by atomic mass is 35.5. The second kappa shape index (κ2) is 5.27. The van der Waals surface area contributed by atoms with E-state index >= 15 is 0 Å². The first kappa shape index (κ1) is 13.4. The minimum Gasteiger partial charge on any atom is -0.358 e. The van der Waals surface area contributed by atoms with Gasteiger partial charge >= 0.3 is 5.82 Å². The average molecular weight is 281 g/mol. The molecule has 0 fully saturated rings. The van der Waals surface area contributed by atoms with Gasteiger partial charge in [-0.15, -0.1) is 0 Å². The van der Waals surface area contributed by atoms with Crippen LogP contribution in [-0.4, -0.2) is 14.5 Å². The molecule has 0 aliphatic rings. The molecule has 1 heterocycles. The fourth-order valence-electron chi connectivity index (χ4n) is 1.78. The van der Waals surface area contributed by atoms with Crippen LogP contribution < -0.4 is 5.32 Å². The lowest BCUT2D eigenvalue weighted by atomic mass is 10.1. The zero-order chi connectivity index (χ0) is 14.0. The first-order valence-electron chi connectivity index (χ1n) is 5.66. The Morgan fingerprint density at radius 1 is 1.53 bits per heavy atom. The fraction of sp³-hybridized carbons (Fsp3) is 0.250. The Bertz CT molecular complexity index is 612. The van der Waals surface area contributed by atoms with Crippen LogP contribution in [0.3, 0.4) is 0 Å². The Hall–Kier alpha value is -2.08. The smallest absolute Gasteiger partial charge is 0.358 e. The van der Waals surface area contributed by atoms with E-state index in [1.807, 2.05) is 25.1 Å². The highest BCUT2D eigenvalue weighted by Crippen LogP contribution is 2.27. The first-order valence-corrected chi connectivity index (χ1v) is 6.04. The number of nitrogens with one attached hydrogen (secondary N) is 1. The molecular formula is C12H13ClN4O2. The lowest BCUT2D eigenvalue weighted by Gasteiger charge is -2.15. The van der Waals surface area contributed by atoms with E-state index in [9.17, 15) is 10.1 Å². The molecule has 0 saturated heterocycles. The van der Waals surface area contributed by atoms with E-state index in [0.29, 0.717) is 10.8 Å². The van der Waals surface area contributed by atoms with Crippen LogP contribution in [-0.2, 0) is 7.05 Å². The number of benzene rings is 1. The van der Waals surface area contributed by atoms with Crippen LogP contribution in [0.5, 0.6) is 0 Å². The normalized spacial score (nSPS) is 12.2. The predicted molar refractivity (Wildman–Crippen MR) is 73.4 cm³/mol. The van der Waals surface area contributed by atoms with Gasteiger partial charge < -0.3 is 15.4 Å². The van der Waals surface area contributed by atoms with Crippen molar-refractivity contribution in [1.82, 2.24) is 9.55 Å². The number of halogens is 1. The minimum absolute atomic E-state index is 0.118. The standard InChI is InChI=1S/C12H13ClN4O2/c1-8(9-4-3-5-10(13)6-9)15-12-11(17(18)19)14-7-16(12)2/h3-8,15H,1-2H3. The molecule has 7 heteroatoms. The van der Waals surface area contributed by atoms with Crippen LogP contribution in [0.25, 0.3) is 0 Å². The van der Waals surface area contributed by atoms with Crippen molar-refractivity contribution in [2.24, 2.45) is 7.05 Å². The lowest BCUT2D eigenvalue weighted by Crippen LogP contribution is -2.10. The second-order valence-corrected chi connectivity index (χ2v) is 4.64. The number of aromatic nitrogens is 2. The van der Waals surface area contributed by atoms with Crippen LogP contribution in [0.4, 0.5) is 11.6 Å². The average Bonchev–Trinajstić information content (AvgIpc) is 2.71. The van der Waals surface area contributed by atoms with E-state index in [1.54, 1.807) is 17.7 Å². The second-order valence-electron chi connectivity index (χ2n) is 4.21. The van der Waals surface area contributed by atoms with Crippen molar-refractivity contribution in [3.8, 4) is 0 Å². The third-order valence-electron chi connectivity index (χ3n) is 2.79. The van der Waals surface area contributed by atoms with Crippen LogP contribution in [0.1, 0.15) is 18.5 Å². The molecule has 1 aromatic carbocycles. The van der Waals surface area contributed by atoms with Gasteiger partial charge in [-0.2, -0.15) is 0 Å². The number of hydrogen-bond donors (Lipinski definition) is 1. The van der Waals surface area contributed by atoms with Crippen LogP contribution in [0, 0.1) is 10.1 Å². The van der Waals surface area contributed by atoms with E-state index in [0.717, 1.165) is 5.56 Å². The first-order chi connectivity index (χ1) is 8.99. The molecule has 0 radical (unpaired) electrons. The quantitative estimate of drug-likeness (QED) is 0.690. The number of anilines is 1. The van der Waals surface area contributed by atoms with Gasteiger partial charge in [0.25, 0.3) is 0 Å². The summed E-state index contributed by atoms with van der Waals surface area (Å²) in [6.07, 6.45) is 1.41. The summed E-state index contributed by atoms with van der Waals surface area (Å²) in [5, 5.41) is 14.6. The zero-order valence-corrected chi connectivity index (χ0v) is 11.3. The molecule has 1 aromatic heterocycles. The molecule has 1 unspecified atom stereocenters. The molecule has 2 aromatic rings. The highest BCUT2D eigenvalue weighted by Gasteiger charge is 2.21. The van der Waals surface area contributed by atoms with Crippen molar-refractivity contribution in [2.45, 2.75) is 13.0 Å². The van der Waals surface area contributed by atoms with Gasteiger partial charge in [-0.05, 0) is 34.5 Å². The van der Waals surface area contributed by atoms with Crippen molar-refractivity contribution in [2.75, 3.05) is 5.32 Å². The van der Waals surface area contributed by atoms with Crippen molar-refractivity contribution < 1.29 is 4.92 Å². The summed E-state index contributed by atoms with van der Waals surface area (Å²) in [5.74, 6) is 0.189. The Labute approximate surface area is 115 Å². The van der Waals surface area contributed by atoms with E-state index < -0.39 is 4.92 Å². The maximum absolute atomic E-state index is 10.9. The van der Waals surface area contributed by atoms with Crippen molar-refractivity contribution in [1.29, 1.82) is 0 Å². The summed E-state index contributed by atoms with van der Waals surface area (Å²) in [4.78, 5) is 14.1. The summed E-state index contributed by atoms with van der Waals surface area (Å²) >= 11 is 5.93. The SMILES string of the molecule is CC(Nc1c([N+](=O)[O-])ncn1C)c1cccc(Cl)c1. The summed E-state index contributed by atoms with van der Waals surface area (Å²) < 4.78 is 1.58. The van der Waals surface area contributed by atoms with Crippen molar-refractivity contribution >= 4 is 23.2 Å². The van der Waals surface area contributed by atoms with E-state index in [4.69, 9.17) is 11.6 Å². The van der Waals surface area contributed by atoms with Crippen LogP contribution in [0.2, 0.25) is 5.02 Å². The highest BCUT2D eigenvalue weighted by molar-refractivity contribution is 6.30. The summed E-state index contributed by atoms with van der Waals surface area (Å²) in [6, 6.07) is 7.23.